The molecule has 1 amide bonds. The van der Waals surface area contributed by atoms with E-state index in [-0.39, 0.29) is 29.8 Å². The first-order valence-corrected chi connectivity index (χ1v) is 7.49. The number of hydrogen-bond acceptors (Lipinski definition) is 3. The average molecular weight is 306 g/mol. The summed E-state index contributed by atoms with van der Waals surface area (Å²) in [6.07, 6.45) is 4.85. The van der Waals surface area contributed by atoms with Gasteiger partial charge in [0, 0.05) is 12.1 Å². The standard InChI is InChI=1S/C15H31N3O.ClH/c1-11(2)13(16)14(19)17-10-15(18(4)5)8-6-7-12(3)9-15;/h11-13H,6-10,16H2,1-5H3,(H,17,19);1H/t12?,13-,15?;/m0./s1. The predicted molar refractivity (Wildman–Crippen MR) is 87.1 cm³/mol. The Morgan fingerprint density at radius 3 is 2.50 bits per heavy atom. The lowest BCUT2D eigenvalue weighted by Crippen LogP contribution is -2.57. The lowest BCUT2D eigenvalue weighted by molar-refractivity contribution is -0.124. The number of nitrogens with zero attached hydrogens (tertiary/aromatic N) is 1. The van der Waals surface area contributed by atoms with E-state index < -0.39 is 6.04 Å². The maximum Gasteiger partial charge on any atom is 0.237 e. The summed E-state index contributed by atoms with van der Waals surface area (Å²) in [7, 11) is 4.24. The highest BCUT2D eigenvalue weighted by molar-refractivity contribution is 5.85. The second-order valence-electron chi connectivity index (χ2n) is 6.81. The summed E-state index contributed by atoms with van der Waals surface area (Å²) in [6, 6.07) is -0.403. The van der Waals surface area contributed by atoms with Gasteiger partial charge < -0.3 is 16.0 Å². The van der Waals surface area contributed by atoms with E-state index in [2.05, 4.69) is 31.2 Å². The molecule has 1 aliphatic rings. The number of nitrogens with one attached hydrogen (secondary N) is 1. The summed E-state index contributed by atoms with van der Waals surface area (Å²) in [5.74, 6) is 0.891. The van der Waals surface area contributed by atoms with Crippen LogP contribution in [0.25, 0.3) is 0 Å². The molecule has 1 saturated carbocycles. The third-order valence-corrected chi connectivity index (χ3v) is 4.63. The van der Waals surface area contributed by atoms with Crippen LogP contribution in [0.2, 0.25) is 0 Å². The maximum atomic E-state index is 12.0. The molecule has 1 rings (SSSR count). The zero-order chi connectivity index (χ0) is 14.6. The van der Waals surface area contributed by atoms with Gasteiger partial charge in [-0.1, -0.05) is 33.6 Å². The fourth-order valence-electron chi connectivity index (χ4n) is 3.03. The summed E-state index contributed by atoms with van der Waals surface area (Å²) in [5, 5.41) is 3.07. The highest BCUT2D eigenvalue weighted by Gasteiger charge is 2.37. The second kappa shape index (κ2) is 8.20. The Bertz CT molecular complexity index is 309. The molecule has 0 aromatic heterocycles. The summed E-state index contributed by atoms with van der Waals surface area (Å²) < 4.78 is 0. The largest absolute Gasteiger partial charge is 0.353 e. The van der Waals surface area contributed by atoms with Crippen molar-refractivity contribution in [1.82, 2.24) is 10.2 Å². The summed E-state index contributed by atoms with van der Waals surface area (Å²) in [6.45, 7) is 6.98. The molecule has 0 bridgehead atoms. The number of nitrogens with two attached hydrogens (primary N) is 1. The van der Waals surface area contributed by atoms with Crippen molar-refractivity contribution in [3.05, 3.63) is 0 Å². The van der Waals surface area contributed by atoms with Gasteiger partial charge in [0.15, 0.2) is 0 Å². The van der Waals surface area contributed by atoms with Crippen molar-refractivity contribution in [2.45, 2.75) is 58.0 Å². The van der Waals surface area contributed by atoms with Crippen molar-refractivity contribution in [3.63, 3.8) is 0 Å². The monoisotopic (exact) mass is 305 g/mol. The van der Waals surface area contributed by atoms with E-state index in [1.165, 1.54) is 12.8 Å². The molecule has 2 unspecified atom stereocenters. The quantitative estimate of drug-likeness (QED) is 0.817. The average Bonchev–Trinajstić information content (AvgIpc) is 2.34. The van der Waals surface area contributed by atoms with E-state index >= 15 is 0 Å². The fraction of sp³-hybridized carbons (Fsp3) is 0.933. The lowest BCUT2D eigenvalue weighted by atomic mass is 9.75. The first-order chi connectivity index (χ1) is 8.78. The van der Waals surface area contributed by atoms with Crippen LogP contribution < -0.4 is 11.1 Å². The first-order valence-electron chi connectivity index (χ1n) is 7.49. The van der Waals surface area contributed by atoms with Crippen LogP contribution in [0.1, 0.15) is 46.5 Å². The minimum atomic E-state index is -0.403. The van der Waals surface area contributed by atoms with E-state index in [1.807, 2.05) is 13.8 Å². The minimum absolute atomic E-state index is 0. The Hall–Kier alpha value is -0.320. The molecule has 3 N–H and O–H groups in total. The van der Waals surface area contributed by atoms with Crippen LogP contribution >= 0.6 is 12.4 Å². The third-order valence-electron chi connectivity index (χ3n) is 4.63. The normalized spacial score (nSPS) is 28.1. The van der Waals surface area contributed by atoms with Crippen molar-refractivity contribution in [3.8, 4) is 0 Å². The Kier molecular flexibility index (Phi) is 8.07. The van der Waals surface area contributed by atoms with E-state index in [0.29, 0.717) is 6.54 Å². The molecule has 0 saturated heterocycles. The second-order valence-corrected chi connectivity index (χ2v) is 6.81. The van der Waals surface area contributed by atoms with E-state index in [0.717, 1.165) is 18.8 Å². The highest BCUT2D eigenvalue weighted by Crippen LogP contribution is 2.35. The molecule has 120 valence electrons. The molecule has 4 nitrogen and oxygen atoms in total. The van der Waals surface area contributed by atoms with E-state index in [1.54, 1.807) is 0 Å². The molecule has 0 aliphatic heterocycles. The first kappa shape index (κ1) is 19.7. The summed E-state index contributed by atoms with van der Waals surface area (Å²) in [5.41, 5.74) is 6.00. The number of likely N-dealkylation sites (N-methyl/N-ethyl adjacent to an activating group) is 1. The Morgan fingerprint density at radius 1 is 1.45 bits per heavy atom. The smallest absolute Gasteiger partial charge is 0.237 e. The van der Waals surface area contributed by atoms with Crippen molar-refractivity contribution in [2.24, 2.45) is 17.6 Å². The topological polar surface area (TPSA) is 58.4 Å². The number of hydrogen-bond donors (Lipinski definition) is 2. The number of carbonyl (C=O) groups excluding carboxylic acids is 1. The SMILES string of the molecule is CC1CCCC(CNC(=O)[C@@H](N)C(C)C)(N(C)C)C1.Cl. The van der Waals surface area contributed by atoms with Crippen molar-refractivity contribution < 1.29 is 4.79 Å². The fourth-order valence-corrected chi connectivity index (χ4v) is 3.03. The zero-order valence-corrected chi connectivity index (χ0v) is 14.4. The van der Waals surface area contributed by atoms with Gasteiger partial charge in [-0.2, -0.15) is 0 Å². The van der Waals surface area contributed by atoms with Crippen LogP contribution in [0.15, 0.2) is 0 Å². The van der Waals surface area contributed by atoms with Crippen LogP contribution in [0.4, 0.5) is 0 Å². The minimum Gasteiger partial charge on any atom is -0.353 e. The molecule has 3 atom stereocenters. The Morgan fingerprint density at radius 2 is 2.05 bits per heavy atom. The van der Waals surface area contributed by atoms with E-state index in [4.69, 9.17) is 5.73 Å². The molecule has 1 fully saturated rings. The van der Waals surface area contributed by atoms with Gasteiger partial charge in [0.25, 0.3) is 0 Å². The van der Waals surface area contributed by atoms with Crippen LogP contribution in [-0.4, -0.2) is 43.0 Å². The molecule has 5 heteroatoms. The van der Waals surface area contributed by atoms with Gasteiger partial charge in [-0.3, -0.25) is 4.79 Å². The molecule has 0 spiro atoms. The molecular weight excluding hydrogens is 274 g/mol. The number of halogens is 1. The highest BCUT2D eigenvalue weighted by atomic mass is 35.5. The van der Waals surface area contributed by atoms with Gasteiger partial charge in [0.05, 0.1) is 6.04 Å². The summed E-state index contributed by atoms with van der Waals surface area (Å²) in [4.78, 5) is 14.3. The predicted octanol–water partition coefficient (Wildman–Crippen LogP) is 2.02. The van der Waals surface area contributed by atoms with Crippen molar-refractivity contribution in [1.29, 1.82) is 0 Å². The Labute approximate surface area is 130 Å². The van der Waals surface area contributed by atoms with E-state index in [9.17, 15) is 4.79 Å². The third kappa shape index (κ3) is 4.90. The van der Waals surface area contributed by atoms with Crippen molar-refractivity contribution >= 4 is 18.3 Å². The van der Waals surface area contributed by atoms with Crippen LogP contribution in [0.5, 0.6) is 0 Å². The van der Waals surface area contributed by atoms with Crippen LogP contribution in [0.3, 0.4) is 0 Å². The molecule has 0 heterocycles. The molecule has 0 radical (unpaired) electrons. The van der Waals surface area contributed by atoms with Gasteiger partial charge >= 0.3 is 0 Å². The van der Waals surface area contributed by atoms with Gasteiger partial charge in [-0.25, -0.2) is 0 Å². The van der Waals surface area contributed by atoms with Crippen LogP contribution in [-0.2, 0) is 4.79 Å². The molecular formula is C15H32ClN3O. The Balaban J connectivity index is 0.00000361. The maximum absolute atomic E-state index is 12.0. The number of carbonyl (C=O) groups is 1. The van der Waals surface area contributed by atoms with Gasteiger partial charge in [-0.05, 0) is 38.8 Å². The lowest BCUT2D eigenvalue weighted by Gasteiger charge is -2.45. The van der Waals surface area contributed by atoms with Gasteiger partial charge in [0.2, 0.25) is 5.91 Å². The number of amides is 1. The number of rotatable bonds is 5. The zero-order valence-electron chi connectivity index (χ0n) is 13.6. The molecule has 1 aliphatic carbocycles. The molecule has 0 aromatic rings. The van der Waals surface area contributed by atoms with Crippen molar-refractivity contribution in [2.75, 3.05) is 20.6 Å². The van der Waals surface area contributed by atoms with Gasteiger partial charge in [-0.15, -0.1) is 12.4 Å². The molecule has 0 aromatic carbocycles. The molecule has 20 heavy (non-hydrogen) atoms. The van der Waals surface area contributed by atoms with Crippen LogP contribution in [0, 0.1) is 11.8 Å². The van der Waals surface area contributed by atoms with Gasteiger partial charge in [0.1, 0.15) is 0 Å². The summed E-state index contributed by atoms with van der Waals surface area (Å²) >= 11 is 0.